The molecule has 0 aliphatic rings. The van der Waals surface area contributed by atoms with Gasteiger partial charge in [0.1, 0.15) is 0 Å². The third kappa shape index (κ3) is 8.59. The van der Waals surface area contributed by atoms with E-state index in [9.17, 15) is 22.4 Å². The highest BCUT2D eigenvalue weighted by Gasteiger charge is 2.51. The summed E-state index contributed by atoms with van der Waals surface area (Å²) in [7, 11) is 0. The number of hydrogen-bond donors (Lipinski definition) is 0. The molecule has 0 rings (SSSR count). The molecule has 0 aliphatic carbocycles. The second-order valence-electron chi connectivity index (χ2n) is 6.85. The predicted molar refractivity (Wildman–Crippen MR) is 78.3 cm³/mol. The predicted octanol–water partition coefficient (Wildman–Crippen LogP) is 5.60. The third-order valence-electron chi connectivity index (χ3n) is 3.37. The smallest absolute Gasteiger partial charge is 0.311 e. The van der Waals surface area contributed by atoms with Gasteiger partial charge in [-0.25, -0.2) is 8.78 Å². The van der Waals surface area contributed by atoms with Crippen LogP contribution in [0.3, 0.4) is 0 Å². The van der Waals surface area contributed by atoms with Gasteiger partial charge in [-0.1, -0.05) is 25.7 Å². The van der Waals surface area contributed by atoms with Gasteiger partial charge in [-0.2, -0.15) is 8.78 Å². The summed E-state index contributed by atoms with van der Waals surface area (Å²) >= 11 is 0. The van der Waals surface area contributed by atoms with Crippen LogP contribution in [0.4, 0.5) is 17.6 Å². The number of carbonyl (C=O) groups excluding carboxylic acids is 1. The van der Waals surface area contributed by atoms with E-state index in [0.717, 1.165) is 25.7 Å². The Labute approximate surface area is 130 Å². The van der Waals surface area contributed by atoms with E-state index in [1.807, 2.05) is 0 Å². The van der Waals surface area contributed by atoms with Crippen molar-refractivity contribution in [1.82, 2.24) is 0 Å². The monoisotopic (exact) mass is 328 g/mol. The molecule has 0 aliphatic heterocycles. The van der Waals surface area contributed by atoms with Gasteiger partial charge in [-0.15, -0.1) is 0 Å². The molecule has 0 unspecified atom stereocenters. The summed E-state index contributed by atoms with van der Waals surface area (Å²) in [6.45, 7) is 5.96. The Morgan fingerprint density at radius 3 is 1.73 bits per heavy atom. The van der Waals surface area contributed by atoms with E-state index >= 15 is 0 Å². The lowest BCUT2D eigenvalue weighted by Gasteiger charge is -2.22. The summed E-state index contributed by atoms with van der Waals surface area (Å²) in [6, 6.07) is 0. The Balaban J connectivity index is 3.55. The number of hydrogen-bond acceptors (Lipinski definition) is 2. The Hall–Kier alpha value is -0.810. The first-order valence-corrected chi connectivity index (χ1v) is 7.81. The molecule has 0 bridgehead atoms. The van der Waals surface area contributed by atoms with E-state index < -0.39 is 23.7 Å². The summed E-state index contributed by atoms with van der Waals surface area (Å²) in [6.07, 6.45) is 2.92. The van der Waals surface area contributed by atoms with Crippen LogP contribution in [-0.2, 0) is 9.53 Å². The average molecular weight is 328 g/mol. The molecule has 0 aromatic heterocycles. The zero-order chi connectivity index (χ0) is 17.4. The minimum atomic E-state index is -3.95. The molecule has 0 spiro atoms. The maximum absolute atomic E-state index is 13.0. The molecule has 22 heavy (non-hydrogen) atoms. The summed E-state index contributed by atoms with van der Waals surface area (Å²) in [5.74, 6) is -8.12. The molecule has 0 atom stereocenters. The number of halogens is 4. The molecule has 0 saturated heterocycles. The number of alkyl halides is 4. The van der Waals surface area contributed by atoms with Crippen LogP contribution in [0.2, 0.25) is 0 Å². The van der Waals surface area contributed by atoms with Crippen LogP contribution in [0.25, 0.3) is 0 Å². The molecule has 2 nitrogen and oxygen atoms in total. The van der Waals surface area contributed by atoms with E-state index in [2.05, 4.69) is 0 Å². The molecule has 0 saturated carbocycles. The Morgan fingerprint density at radius 2 is 1.27 bits per heavy atom. The van der Waals surface area contributed by atoms with Gasteiger partial charge in [0.05, 0.1) is 12.0 Å². The van der Waals surface area contributed by atoms with Crippen molar-refractivity contribution in [2.75, 3.05) is 6.61 Å². The van der Waals surface area contributed by atoms with Gasteiger partial charge in [0.2, 0.25) is 0 Å². The number of carbonyl (C=O) groups is 1. The number of esters is 1. The Bertz CT molecular complexity index is 330. The fourth-order valence-electron chi connectivity index (χ4n) is 1.76. The van der Waals surface area contributed by atoms with Gasteiger partial charge in [-0.05, 0) is 33.6 Å². The SMILES string of the molecule is CC(C)(C)C(=O)OCCCCCCCCC(F)(F)C(C)(F)F. The zero-order valence-electron chi connectivity index (χ0n) is 14.0. The molecule has 0 heterocycles. The second-order valence-corrected chi connectivity index (χ2v) is 6.85. The van der Waals surface area contributed by atoms with Crippen LogP contribution in [0.15, 0.2) is 0 Å². The lowest BCUT2D eigenvalue weighted by Crippen LogP contribution is -2.37. The van der Waals surface area contributed by atoms with Gasteiger partial charge in [0.25, 0.3) is 0 Å². The van der Waals surface area contributed by atoms with Crippen molar-refractivity contribution in [1.29, 1.82) is 0 Å². The summed E-state index contributed by atoms with van der Waals surface area (Å²) in [5.41, 5.74) is -0.507. The first kappa shape index (κ1) is 21.2. The lowest BCUT2D eigenvalue weighted by molar-refractivity contribution is -0.201. The standard InChI is InChI=1S/C16H28F4O2/c1-14(2,3)13(21)22-12-10-8-6-5-7-9-11-16(19,20)15(4,17)18/h5-12H2,1-4H3. The second kappa shape index (κ2) is 8.73. The van der Waals surface area contributed by atoms with Gasteiger partial charge in [-0.3, -0.25) is 4.79 Å². The maximum Gasteiger partial charge on any atom is 0.311 e. The largest absolute Gasteiger partial charge is 0.465 e. The first-order chi connectivity index (χ1) is 9.88. The molecule has 0 fully saturated rings. The van der Waals surface area contributed by atoms with E-state index in [1.165, 1.54) is 0 Å². The molecule has 6 heteroatoms. The summed E-state index contributed by atoms with van der Waals surface area (Å²) < 4.78 is 56.2. The van der Waals surface area contributed by atoms with E-state index in [0.29, 0.717) is 13.0 Å². The highest BCUT2D eigenvalue weighted by atomic mass is 19.3. The van der Waals surface area contributed by atoms with Crippen LogP contribution in [0, 0.1) is 5.41 Å². The highest BCUT2D eigenvalue weighted by molar-refractivity contribution is 5.75. The van der Waals surface area contributed by atoms with Gasteiger partial charge in [0.15, 0.2) is 0 Å². The third-order valence-corrected chi connectivity index (χ3v) is 3.37. The average Bonchev–Trinajstić information content (AvgIpc) is 2.33. The fourth-order valence-corrected chi connectivity index (χ4v) is 1.76. The molecule has 0 aromatic rings. The van der Waals surface area contributed by atoms with Crippen LogP contribution in [0.5, 0.6) is 0 Å². The van der Waals surface area contributed by atoms with Crippen molar-refractivity contribution in [2.24, 2.45) is 5.41 Å². The van der Waals surface area contributed by atoms with Crippen LogP contribution in [-0.4, -0.2) is 24.4 Å². The first-order valence-electron chi connectivity index (χ1n) is 7.81. The van der Waals surface area contributed by atoms with Crippen molar-refractivity contribution < 1.29 is 27.1 Å². The van der Waals surface area contributed by atoms with Crippen molar-refractivity contribution >= 4 is 5.97 Å². The van der Waals surface area contributed by atoms with Crippen LogP contribution in [0.1, 0.15) is 72.6 Å². The van der Waals surface area contributed by atoms with Crippen molar-refractivity contribution in [3.8, 4) is 0 Å². The minimum Gasteiger partial charge on any atom is -0.465 e. The van der Waals surface area contributed by atoms with Crippen LogP contribution < -0.4 is 0 Å². The zero-order valence-corrected chi connectivity index (χ0v) is 14.0. The van der Waals surface area contributed by atoms with Crippen molar-refractivity contribution in [3.63, 3.8) is 0 Å². The Kier molecular flexibility index (Phi) is 8.40. The van der Waals surface area contributed by atoms with E-state index in [-0.39, 0.29) is 19.3 Å². The molecular weight excluding hydrogens is 300 g/mol. The molecular formula is C16H28F4O2. The van der Waals surface area contributed by atoms with E-state index in [1.54, 1.807) is 20.8 Å². The summed E-state index contributed by atoms with van der Waals surface area (Å²) in [5, 5.41) is 0. The number of rotatable bonds is 10. The lowest BCUT2D eigenvalue weighted by atomic mass is 9.97. The highest BCUT2D eigenvalue weighted by Crippen LogP contribution is 2.37. The molecule has 0 amide bonds. The van der Waals surface area contributed by atoms with Crippen molar-refractivity contribution in [2.45, 2.75) is 84.5 Å². The van der Waals surface area contributed by atoms with Crippen LogP contribution >= 0.6 is 0 Å². The quantitative estimate of drug-likeness (QED) is 0.296. The molecule has 0 N–H and O–H groups in total. The van der Waals surface area contributed by atoms with Gasteiger partial charge >= 0.3 is 17.8 Å². The number of unbranched alkanes of at least 4 members (excludes halogenated alkanes) is 5. The number of ether oxygens (including phenoxy) is 1. The topological polar surface area (TPSA) is 26.3 Å². The molecule has 0 aromatic carbocycles. The Morgan fingerprint density at radius 1 is 0.818 bits per heavy atom. The maximum atomic E-state index is 13.0. The normalized spacial score (nSPS) is 13.3. The molecule has 132 valence electrons. The molecule has 0 radical (unpaired) electrons. The summed E-state index contributed by atoms with van der Waals surface area (Å²) in [4.78, 5) is 11.5. The van der Waals surface area contributed by atoms with Gasteiger partial charge in [0, 0.05) is 13.3 Å². The van der Waals surface area contributed by atoms with Crippen molar-refractivity contribution in [3.05, 3.63) is 0 Å². The van der Waals surface area contributed by atoms with Gasteiger partial charge < -0.3 is 4.74 Å². The fraction of sp³-hybridized carbons (Fsp3) is 0.938. The van der Waals surface area contributed by atoms with E-state index in [4.69, 9.17) is 4.74 Å². The minimum absolute atomic E-state index is 0.0927.